The van der Waals surface area contributed by atoms with Gasteiger partial charge in [0.05, 0.1) is 24.8 Å². The van der Waals surface area contributed by atoms with Gasteiger partial charge in [0.2, 0.25) is 0 Å². The third kappa shape index (κ3) is 6.06. The summed E-state index contributed by atoms with van der Waals surface area (Å²) in [4.78, 5) is 14.4. The van der Waals surface area contributed by atoms with Gasteiger partial charge in [-0.15, -0.1) is 0 Å². The van der Waals surface area contributed by atoms with E-state index in [0.717, 1.165) is 5.56 Å². The van der Waals surface area contributed by atoms with Gasteiger partial charge in [0.1, 0.15) is 6.61 Å². The number of ether oxygens (including phenoxy) is 1. The third-order valence-corrected chi connectivity index (χ3v) is 10.4. The van der Waals surface area contributed by atoms with Crippen molar-refractivity contribution in [2.24, 2.45) is 0 Å². The van der Waals surface area contributed by atoms with E-state index >= 15 is 0 Å². The van der Waals surface area contributed by atoms with Crippen molar-refractivity contribution in [1.29, 1.82) is 0 Å². The Morgan fingerprint density at radius 2 is 1.93 bits per heavy atom. The lowest BCUT2D eigenvalue weighted by molar-refractivity contribution is -0.0458. The van der Waals surface area contributed by atoms with Crippen LogP contribution in [0.15, 0.2) is 30.3 Å². The number of hydrogen-bond acceptors (Lipinski definition) is 4. The zero-order valence-corrected chi connectivity index (χ0v) is 18.6. The lowest BCUT2D eigenvalue weighted by Crippen LogP contribution is -2.56. The van der Waals surface area contributed by atoms with Crippen molar-refractivity contribution in [1.82, 2.24) is 4.90 Å². The number of amides is 1. The average Bonchev–Trinajstić information content (AvgIpc) is 2.58. The highest BCUT2D eigenvalue weighted by molar-refractivity contribution is 6.74. The fraction of sp³-hybridized carbons (Fsp3) is 0.667. The highest BCUT2D eigenvalue weighted by atomic mass is 28.4. The largest absolute Gasteiger partial charge is 0.445 e. The van der Waals surface area contributed by atoms with Gasteiger partial charge in [-0.3, -0.25) is 0 Å². The normalized spacial score (nSPS) is 24.0. The van der Waals surface area contributed by atoms with Crippen LogP contribution in [0, 0.1) is 0 Å². The van der Waals surface area contributed by atoms with Gasteiger partial charge in [-0.2, -0.15) is 0 Å². The smallest absolute Gasteiger partial charge is 0.410 e. The van der Waals surface area contributed by atoms with E-state index in [1.54, 1.807) is 11.8 Å². The summed E-state index contributed by atoms with van der Waals surface area (Å²) in [6.45, 7) is 13.8. The van der Waals surface area contributed by atoms with Crippen molar-refractivity contribution in [2.45, 2.75) is 76.9 Å². The van der Waals surface area contributed by atoms with Crippen LogP contribution in [0.4, 0.5) is 4.79 Å². The van der Waals surface area contributed by atoms with Crippen LogP contribution in [0.25, 0.3) is 0 Å². The van der Waals surface area contributed by atoms with E-state index < -0.39 is 13.9 Å². The molecule has 1 heterocycles. The maximum absolute atomic E-state index is 12.7. The fourth-order valence-corrected chi connectivity index (χ4v) is 3.96. The summed E-state index contributed by atoms with van der Waals surface area (Å²) in [6, 6.07) is 9.56. The van der Waals surface area contributed by atoms with Crippen LogP contribution in [0.3, 0.4) is 0 Å². The zero-order valence-electron chi connectivity index (χ0n) is 17.6. The molecule has 1 N–H and O–H groups in total. The second kappa shape index (κ2) is 8.33. The second-order valence-electron chi connectivity index (χ2n) is 9.43. The Morgan fingerprint density at radius 1 is 1.30 bits per heavy atom. The molecule has 0 aromatic heterocycles. The van der Waals surface area contributed by atoms with Crippen molar-refractivity contribution >= 4 is 14.4 Å². The summed E-state index contributed by atoms with van der Waals surface area (Å²) in [6.07, 6.45) is 0.978. The van der Waals surface area contributed by atoms with Gasteiger partial charge in [0.15, 0.2) is 8.32 Å². The van der Waals surface area contributed by atoms with Crippen molar-refractivity contribution in [3.8, 4) is 0 Å². The Balaban J connectivity index is 2.02. The van der Waals surface area contributed by atoms with Crippen LogP contribution in [0.5, 0.6) is 0 Å². The fourth-order valence-electron chi connectivity index (χ4n) is 2.92. The first-order valence-corrected chi connectivity index (χ1v) is 12.7. The second-order valence-corrected chi connectivity index (χ2v) is 14.2. The predicted octanol–water partition coefficient (Wildman–Crippen LogP) is 4.56. The molecule has 1 aromatic rings. The average molecular weight is 394 g/mol. The molecule has 1 saturated heterocycles. The minimum Gasteiger partial charge on any atom is -0.445 e. The van der Waals surface area contributed by atoms with Gasteiger partial charge in [-0.1, -0.05) is 51.1 Å². The number of β-amino-alcohol motifs (C(OH)–C–C–N with tert-alkyl or cyclic N) is 1. The van der Waals surface area contributed by atoms with Gasteiger partial charge in [-0.05, 0) is 43.5 Å². The SMILES string of the molecule is CC1(O)CC[C@@H](CO[Si](C)(C)C(C)(C)C)N(C(=O)OCc2ccccc2)C1. The lowest BCUT2D eigenvalue weighted by Gasteiger charge is -2.44. The predicted molar refractivity (Wildman–Crippen MR) is 110 cm³/mol. The van der Waals surface area contributed by atoms with Crippen LogP contribution in [0.1, 0.15) is 46.1 Å². The Kier molecular flexibility index (Phi) is 6.76. The molecule has 152 valence electrons. The summed E-state index contributed by atoms with van der Waals surface area (Å²) in [5.41, 5.74) is 0.0582. The molecule has 0 bridgehead atoms. The summed E-state index contributed by atoms with van der Waals surface area (Å²) in [7, 11) is -1.90. The number of aliphatic hydroxyl groups is 1. The van der Waals surface area contributed by atoms with E-state index in [1.807, 2.05) is 30.3 Å². The molecule has 0 spiro atoms. The summed E-state index contributed by atoms with van der Waals surface area (Å²) in [5, 5.41) is 10.6. The zero-order chi connectivity index (χ0) is 20.3. The van der Waals surface area contributed by atoms with Crippen molar-refractivity contribution in [3.05, 3.63) is 35.9 Å². The summed E-state index contributed by atoms with van der Waals surface area (Å²) in [5.74, 6) is 0. The van der Waals surface area contributed by atoms with Crippen LogP contribution < -0.4 is 0 Å². The molecule has 0 aliphatic carbocycles. The van der Waals surface area contributed by atoms with E-state index in [0.29, 0.717) is 19.4 Å². The maximum Gasteiger partial charge on any atom is 0.410 e. The number of likely N-dealkylation sites (tertiary alicyclic amines) is 1. The van der Waals surface area contributed by atoms with Crippen molar-refractivity contribution in [2.75, 3.05) is 13.2 Å². The molecule has 0 radical (unpaired) electrons. The van der Waals surface area contributed by atoms with Gasteiger partial charge in [0, 0.05) is 0 Å². The quantitative estimate of drug-likeness (QED) is 0.745. The van der Waals surface area contributed by atoms with Gasteiger partial charge in [0.25, 0.3) is 0 Å². The number of hydrogen-bond donors (Lipinski definition) is 1. The molecule has 2 atom stereocenters. The highest BCUT2D eigenvalue weighted by Gasteiger charge is 2.41. The van der Waals surface area contributed by atoms with E-state index in [4.69, 9.17) is 9.16 Å². The Hall–Kier alpha value is -1.37. The monoisotopic (exact) mass is 393 g/mol. The molecule has 27 heavy (non-hydrogen) atoms. The van der Waals surface area contributed by atoms with Crippen LogP contribution >= 0.6 is 0 Å². The van der Waals surface area contributed by atoms with Crippen LogP contribution in [-0.4, -0.2) is 49.2 Å². The maximum atomic E-state index is 12.7. The van der Waals surface area contributed by atoms with Crippen LogP contribution in [0.2, 0.25) is 18.1 Å². The highest BCUT2D eigenvalue weighted by Crippen LogP contribution is 2.37. The number of benzene rings is 1. The first kappa shape index (κ1) is 21.9. The van der Waals surface area contributed by atoms with E-state index in [-0.39, 0.29) is 30.3 Å². The first-order chi connectivity index (χ1) is 12.4. The first-order valence-electron chi connectivity index (χ1n) is 9.75. The summed E-state index contributed by atoms with van der Waals surface area (Å²) >= 11 is 0. The van der Waals surface area contributed by atoms with Gasteiger partial charge < -0.3 is 19.2 Å². The number of nitrogens with zero attached hydrogens (tertiary/aromatic N) is 1. The molecule has 1 aromatic carbocycles. The molecule has 5 nitrogen and oxygen atoms in total. The van der Waals surface area contributed by atoms with E-state index in [9.17, 15) is 9.90 Å². The number of rotatable bonds is 5. The van der Waals surface area contributed by atoms with Gasteiger partial charge >= 0.3 is 6.09 Å². The van der Waals surface area contributed by atoms with Crippen molar-refractivity contribution < 1.29 is 19.1 Å². The van der Waals surface area contributed by atoms with Crippen LogP contribution in [-0.2, 0) is 15.8 Å². The molecule has 0 saturated carbocycles. The molecule has 1 aliphatic rings. The Labute approximate surface area is 164 Å². The molecule has 1 aliphatic heterocycles. The van der Waals surface area contributed by atoms with Crippen molar-refractivity contribution in [3.63, 3.8) is 0 Å². The lowest BCUT2D eigenvalue weighted by atomic mass is 9.91. The third-order valence-electron chi connectivity index (χ3n) is 5.85. The minimum absolute atomic E-state index is 0.0670. The minimum atomic E-state index is -1.90. The molecular formula is C21H35NO4Si. The standard InChI is InChI=1S/C21H35NO4Si/c1-20(2,3)27(5,6)26-15-18-12-13-21(4,24)16-22(18)19(23)25-14-17-10-8-7-9-11-17/h7-11,18,24H,12-16H2,1-6H3/t18-,21?/m0/s1. The molecular weight excluding hydrogens is 358 g/mol. The van der Waals surface area contributed by atoms with Gasteiger partial charge in [-0.25, -0.2) is 4.79 Å². The van der Waals surface area contributed by atoms with E-state index in [2.05, 4.69) is 33.9 Å². The van der Waals surface area contributed by atoms with E-state index in [1.165, 1.54) is 0 Å². The molecule has 6 heteroatoms. The number of carbonyl (C=O) groups is 1. The summed E-state index contributed by atoms with van der Waals surface area (Å²) < 4.78 is 11.9. The number of piperidine rings is 1. The number of carbonyl (C=O) groups excluding carboxylic acids is 1. The molecule has 1 fully saturated rings. The Bertz CT molecular complexity index is 625. The topological polar surface area (TPSA) is 59.0 Å². The molecule has 1 unspecified atom stereocenters. The Morgan fingerprint density at radius 3 is 2.52 bits per heavy atom. The molecule has 1 amide bonds. The molecule has 2 rings (SSSR count).